The van der Waals surface area contributed by atoms with Gasteiger partial charge in [-0.1, -0.05) is 0 Å². The summed E-state index contributed by atoms with van der Waals surface area (Å²) in [7, 11) is 0. The lowest BCUT2D eigenvalue weighted by Crippen LogP contribution is -2.12. The van der Waals surface area contributed by atoms with Crippen LogP contribution in [0.5, 0.6) is 0 Å². The molecule has 2 heterocycles. The molecule has 0 unspecified atom stereocenters. The number of anilines is 1. The molecule has 84 valence electrons. The third kappa shape index (κ3) is 2.90. The molecule has 0 spiro atoms. The number of nitrogens with one attached hydrogen (secondary N) is 1. The van der Waals surface area contributed by atoms with Crippen LogP contribution in [0.4, 0.5) is 5.00 Å². The van der Waals surface area contributed by atoms with E-state index in [4.69, 9.17) is 5.26 Å². The van der Waals surface area contributed by atoms with Crippen molar-refractivity contribution < 1.29 is 4.79 Å². The Morgan fingerprint density at radius 2 is 2.35 bits per heavy atom. The number of carbonyl (C=O) groups excluding carboxylic acids is 1. The van der Waals surface area contributed by atoms with Gasteiger partial charge in [-0.3, -0.25) is 9.78 Å². The standard InChI is InChI=1S/C11H6BrN3OS/c12-8-4-10(17-6-8)15-11(16)9-3-7(5-13)1-2-14-9/h1-4,6H,(H,15,16). The van der Waals surface area contributed by atoms with Crippen LogP contribution >= 0.6 is 27.3 Å². The Balaban J connectivity index is 2.17. The van der Waals surface area contributed by atoms with Crippen molar-refractivity contribution in [3.63, 3.8) is 0 Å². The molecule has 4 nitrogen and oxygen atoms in total. The van der Waals surface area contributed by atoms with Crippen LogP contribution in [0.15, 0.2) is 34.2 Å². The van der Waals surface area contributed by atoms with Crippen molar-refractivity contribution in [3.05, 3.63) is 45.5 Å². The molecule has 1 amide bonds. The lowest BCUT2D eigenvalue weighted by atomic mass is 10.2. The molecule has 6 heteroatoms. The Morgan fingerprint density at radius 1 is 1.53 bits per heavy atom. The van der Waals surface area contributed by atoms with Gasteiger partial charge in [0.1, 0.15) is 5.69 Å². The lowest BCUT2D eigenvalue weighted by Gasteiger charge is -2.01. The number of carbonyl (C=O) groups is 1. The highest BCUT2D eigenvalue weighted by molar-refractivity contribution is 9.10. The van der Waals surface area contributed by atoms with E-state index in [-0.39, 0.29) is 11.6 Å². The molecule has 0 bridgehead atoms. The molecule has 0 atom stereocenters. The van der Waals surface area contributed by atoms with Gasteiger partial charge in [-0.05, 0) is 34.1 Å². The fraction of sp³-hybridized carbons (Fsp3) is 0. The Morgan fingerprint density at radius 3 is 3.00 bits per heavy atom. The fourth-order valence-corrected chi connectivity index (χ4v) is 2.49. The second kappa shape index (κ2) is 5.08. The van der Waals surface area contributed by atoms with Crippen LogP contribution in [-0.2, 0) is 0 Å². The highest BCUT2D eigenvalue weighted by atomic mass is 79.9. The number of hydrogen-bond donors (Lipinski definition) is 1. The summed E-state index contributed by atoms with van der Waals surface area (Å²) < 4.78 is 0.913. The second-order valence-corrected chi connectivity index (χ2v) is 4.95. The maximum atomic E-state index is 11.8. The minimum absolute atomic E-state index is 0.230. The van der Waals surface area contributed by atoms with E-state index in [1.54, 1.807) is 12.1 Å². The Labute approximate surface area is 110 Å². The van der Waals surface area contributed by atoms with E-state index in [2.05, 4.69) is 26.2 Å². The van der Waals surface area contributed by atoms with Crippen LogP contribution in [0.1, 0.15) is 16.1 Å². The highest BCUT2D eigenvalue weighted by Gasteiger charge is 2.09. The van der Waals surface area contributed by atoms with Crippen LogP contribution in [0.2, 0.25) is 0 Å². The van der Waals surface area contributed by atoms with Gasteiger partial charge in [0, 0.05) is 16.0 Å². The van der Waals surface area contributed by atoms with Crippen LogP contribution in [0, 0.1) is 11.3 Å². The highest BCUT2D eigenvalue weighted by Crippen LogP contribution is 2.24. The molecule has 0 aliphatic rings. The molecule has 2 aromatic rings. The van der Waals surface area contributed by atoms with Crippen molar-refractivity contribution in [2.45, 2.75) is 0 Å². The van der Waals surface area contributed by atoms with E-state index in [1.165, 1.54) is 23.6 Å². The maximum absolute atomic E-state index is 11.8. The van der Waals surface area contributed by atoms with Gasteiger partial charge in [0.2, 0.25) is 0 Å². The molecule has 0 aliphatic carbocycles. The number of hydrogen-bond acceptors (Lipinski definition) is 4. The van der Waals surface area contributed by atoms with Gasteiger partial charge in [-0.15, -0.1) is 11.3 Å². The number of rotatable bonds is 2. The molecular formula is C11H6BrN3OS. The van der Waals surface area contributed by atoms with Gasteiger partial charge in [0.15, 0.2) is 0 Å². The summed E-state index contributed by atoms with van der Waals surface area (Å²) in [5.74, 6) is -0.323. The number of thiophene rings is 1. The molecule has 0 fully saturated rings. The first-order valence-corrected chi connectivity index (χ1v) is 6.28. The largest absolute Gasteiger partial charge is 0.312 e. The van der Waals surface area contributed by atoms with Crippen LogP contribution in [0.25, 0.3) is 0 Å². The Kier molecular flexibility index (Phi) is 3.52. The summed E-state index contributed by atoms with van der Waals surface area (Å²) in [6.07, 6.45) is 1.44. The van der Waals surface area contributed by atoms with Crippen molar-refractivity contribution in [1.82, 2.24) is 4.98 Å². The average molecular weight is 308 g/mol. The lowest BCUT2D eigenvalue weighted by molar-refractivity contribution is 0.102. The molecule has 0 aliphatic heterocycles. The summed E-state index contributed by atoms with van der Waals surface area (Å²) in [5.41, 5.74) is 0.645. The predicted molar refractivity (Wildman–Crippen MR) is 68.9 cm³/mol. The number of halogens is 1. The molecule has 2 aromatic heterocycles. The van der Waals surface area contributed by atoms with E-state index in [9.17, 15) is 4.79 Å². The summed E-state index contributed by atoms with van der Waals surface area (Å²) in [5, 5.41) is 14.0. The normalized spacial score (nSPS) is 9.65. The van der Waals surface area contributed by atoms with Crippen LogP contribution < -0.4 is 5.32 Å². The Hall–Kier alpha value is -1.71. The zero-order valence-electron chi connectivity index (χ0n) is 8.48. The van der Waals surface area contributed by atoms with E-state index in [0.29, 0.717) is 5.56 Å². The van der Waals surface area contributed by atoms with Crippen LogP contribution in [-0.4, -0.2) is 10.9 Å². The number of pyridine rings is 1. The van der Waals surface area contributed by atoms with Gasteiger partial charge in [0.25, 0.3) is 5.91 Å². The van der Waals surface area contributed by atoms with Gasteiger partial charge >= 0.3 is 0 Å². The van der Waals surface area contributed by atoms with E-state index >= 15 is 0 Å². The third-order valence-electron chi connectivity index (χ3n) is 1.93. The van der Waals surface area contributed by atoms with Crippen molar-refractivity contribution in [3.8, 4) is 6.07 Å². The number of nitriles is 1. The van der Waals surface area contributed by atoms with E-state index in [0.717, 1.165) is 9.47 Å². The molecule has 0 saturated carbocycles. The molecular weight excluding hydrogens is 302 g/mol. The maximum Gasteiger partial charge on any atom is 0.274 e. The zero-order chi connectivity index (χ0) is 12.3. The van der Waals surface area contributed by atoms with Crippen LogP contribution in [0.3, 0.4) is 0 Å². The first kappa shape index (κ1) is 11.8. The van der Waals surface area contributed by atoms with Crippen molar-refractivity contribution >= 4 is 38.2 Å². The summed E-state index contributed by atoms with van der Waals surface area (Å²) >= 11 is 4.71. The van der Waals surface area contributed by atoms with Gasteiger partial charge in [-0.2, -0.15) is 5.26 Å². The monoisotopic (exact) mass is 307 g/mol. The smallest absolute Gasteiger partial charge is 0.274 e. The van der Waals surface area contributed by atoms with Gasteiger partial charge < -0.3 is 5.32 Å². The topological polar surface area (TPSA) is 65.8 Å². The predicted octanol–water partition coefficient (Wildman–Crippen LogP) is 3.03. The fourth-order valence-electron chi connectivity index (χ4n) is 1.18. The number of amides is 1. The van der Waals surface area contributed by atoms with Crippen molar-refractivity contribution in [2.24, 2.45) is 0 Å². The first-order valence-electron chi connectivity index (χ1n) is 4.60. The Bertz CT molecular complexity index is 603. The minimum atomic E-state index is -0.323. The first-order chi connectivity index (χ1) is 8.19. The van der Waals surface area contributed by atoms with E-state index in [1.807, 2.05) is 11.4 Å². The minimum Gasteiger partial charge on any atom is -0.312 e. The summed E-state index contributed by atoms with van der Waals surface area (Å²) in [6.45, 7) is 0. The molecule has 1 N–H and O–H groups in total. The quantitative estimate of drug-likeness (QED) is 0.927. The molecule has 2 rings (SSSR count). The average Bonchev–Trinajstić information content (AvgIpc) is 2.75. The zero-order valence-corrected chi connectivity index (χ0v) is 10.9. The van der Waals surface area contributed by atoms with Crippen molar-refractivity contribution in [2.75, 3.05) is 5.32 Å². The summed E-state index contributed by atoms with van der Waals surface area (Å²) in [4.78, 5) is 15.7. The van der Waals surface area contributed by atoms with Gasteiger partial charge in [0.05, 0.1) is 16.6 Å². The summed E-state index contributed by atoms with van der Waals surface area (Å²) in [6, 6.07) is 6.78. The third-order valence-corrected chi connectivity index (χ3v) is 3.53. The molecule has 0 saturated heterocycles. The molecule has 0 aromatic carbocycles. The molecule has 17 heavy (non-hydrogen) atoms. The van der Waals surface area contributed by atoms with Gasteiger partial charge in [-0.25, -0.2) is 0 Å². The second-order valence-electron chi connectivity index (χ2n) is 3.12. The number of aromatic nitrogens is 1. The van der Waals surface area contributed by atoms with Crippen molar-refractivity contribution in [1.29, 1.82) is 5.26 Å². The van der Waals surface area contributed by atoms with E-state index < -0.39 is 0 Å². The SMILES string of the molecule is N#Cc1ccnc(C(=O)Nc2cc(Br)cs2)c1. The number of nitrogens with zero attached hydrogens (tertiary/aromatic N) is 2. The molecule has 0 radical (unpaired) electrons.